The van der Waals surface area contributed by atoms with Crippen LogP contribution in [0, 0.1) is 11.6 Å². The smallest absolute Gasteiger partial charge is 0.129 e. The van der Waals surface area contributed by atoms with Gasteiger partial charge in [0, 0.05) is 24.9 Å². The third-order valence-electron chi connectivity index (χ3n) is 2.26. The Hall–Kier alpha value is -0.610. The molecule has 0 amide bonds. The predicted octanol–water partition coefficient (Wildman–Crippen LogP) is 2.37. The van der Waals surface area contributed by atoms with Crippen LogP contribution in [0.2, 0.25) is 0 Å². The van der Waals surface area contributed by atoms with E-state index in [1.54, 1.807) is 0 Å². The molecule has 1 rings (SSSR count). The molecule has 1 aromatic rings. The Morgan fingerprint density at radius 1 is 1.27 bits per heavy atom. The van der Waals surface area contributed by atoms with Crippen LogP contribution in [-0.2, 0) is 6.42 Å². The molecule has 15 heavy (non-hydrogen) atoms. The van der Waals surface area contributed by atoms with Crippen molar-refractivity contribution in [2.24, 2.45) is 0 Å². The maximum Gasteiger partial charge on any atom is 0.129 e. The maximum atomic E-state index is 13.2. The second kappa shape index (κ2) is 6.08. The molecule has 1 nitrogen and oxygen atoms in total. The van der Waals surface area contributed by atoms with Gasteiger partial charge in [-0.3, -0.25) is 0 Å². The van der Waals surface area contributed by atoms with Crippen molar-refractivity contribution in [3.8, 4) is 0 Å². The van der Waals surface area contributed by atoms with Crippen LogP contribution in [0.5, 0.6) is 0 Å². The molecule has 0 unspecified atom stereocenters. The highest BCUT2D eigenvalue weighted by molar-refractivity contribution is 7.80. The number of benzene rings is 1. The summed E-state index contributed by atoms with van der Waals surface area (Å²) in [6.07, 6.45) is 0.594. The zero-order valence-electron chi connectivity index (χ0n) is 8.71. The molecular formula is C11H15F2NS. The first-order valence-electron chi connectivity index (χ1n) is 4.87. The lowest BCUT2D eigenvalue weighted by Gasteiger charge is -2.15. The summed E-state index contributed by atoms with van der Waals surface area (Å²) in [5, 5.41) is 0. The van der Waals surface area contributed by atoms with Gasteiger partial charge in [-0.15, -0.1) is 0 Å². The van der Waals surface area contributed by atoms with Crippen LogP contribution in [-0.4, -0.2) is 30.8 Å². The van der Waals surface area contributed by atoms with Crippen molar-refractivity contribution in [2.75, 3.05) is 25.9 Å². The Bertz CT molecular complexity index is 317. The fraction of sp³-hybridized carbons (Fsp3) is 0.455. The van der Waals surface area contributed by atoms with Crippen molar-refractivity contribution in [3.63, 3.8) is 0 Å². The molecule has 0 aliphatic carbocycles. The molecular weight excluding hydrogens is 216 g/mol. The number of thiol groups is 1. The molecule has 0 spiro atoms. The second-order valence-corrected chi connectivity index (χ2v) is 3.96. The average Bonchev–Trinajstić information content (AvgIpc) is 2.17. The van der Waals surface area contributed by atoms with Crippen molar-refractivity contribution < 1.29 is 8.78 Å². The zero-order chi connectivity index (χ0) is 11.3. The number of halogens is 2. The Morgan fingerprint density at radius 3 is 2.60 bits per heavy atom. The van der Waals surface area contributed by atoms with Gasteiger partial charge in [-0.2, -0.15) is 12.6 Å². The molecule has 0 N–H and O–H groups in total. The van der Waals surface area contributed by atoms with E-state index in [2.05, 4.69) is 17.5 Å². The predicted molar refractivity (Wildman–Crippen MR) is 61.4 cm³/mol. The minimum atomic E-state index is -0.528. The Labute approximate surface area is 94.5 Å². The first-order chi connectivity index (χ1) is 7.13. The lowest BCUT2D eigenvalue weighted by molar-refractivity contribution is 0.358. The van der Waals surface area contributed by atoms with Crippen LogP contribution in [0.15, 0.2) is 18.2 Å². The molecule has 0 fully saturated rings. The van der Waals surface area contributed by atoms with E-state index in [-0.39, 0.29) is 0 Å². The van der Waals surface area contributed by atoms with Gasteiger partial charge in [0.15, 0.2) is 0 Å². The Kier molecular flexibility index (Phi) is 5.05. The topological polar surface area (TPSA) is 3.24 Å². The van der Waals surface area contributed by atoms with Gasteiger partial charge >= 0.3 is 0 Å². The van der Waals surface area contributed by atoms with E-state index in [9.17, 15) is 8.78 Å². The van der Waals surface area contributed by atoms with Gasteiger partial charge in [-0.25, -0.2) is 8.78 Å². The molecule has 4 heteroatoms. The van der Waals surface area contributed by atoms with Gasteiger partial charge in [0.05, 0.1) is 0 Å². The minimum absolute atomic E-state index is 0.464. The normalized spacial score (nSPS) is 11.0. The number of rotatable bonds is 5. The van der Waals surface area contributed by atoms with E-state index in [0.717, 1.165) is 24.9 Å². The number of hydrogen-bond acceptors (Lipinski definition) is 2. The lowest BCUT2D eigenvalue weighted by Crippen LogP contribution is -2.23. The highest BCUT2D eigenvalue weighted by Gasteiger charge is 2.04. The first kappa shape index (κ1) is 12.5. The van der Waals surface area contributed by atoms with Gasteiger partial charge in [0.1, 0.15) is 11.6 Å². The molecule has 0 aliphatic heterocycles. The molecule has 0 aliphatic rings. The number of nitrogens with zero attached hydrogens (tertiary/aromatic N) is 1. The van der Waals surface area contributed by atoms with Crippen LogP contribution < -0.4 is 0 Å². The van der Waals surface area contributed by atoms with Crippen molar-refractivity contribution in [3.05, 3.63) is 35.4 Å². The second-order valence-electron chi connectivity index (χ2n) is 3.51. The Morgan fingerprint density at radius 2 is 2.00 bits per heavy atom. The average molecular weight is 231 g/mol. The molecule has 0 atom stereocenters. The van der Waals surface area contributed by atoms with Gasteiger partial charge < -0.3 is 4.90 Å². The molecule has 84 valence electrons. The standard InChI is InChI=1S/C11H15F2NS/c1-14(6-7-15)5-4-9-2-3-10(12)8-11(9)13/h2-3,8,15H,4-7H2,1H3. The summed E-state index contributed by atoms with van der Waals surface area (Å²) < 4.78 is 25.8. The molecule has 0 bridgehead atoms. The molecule has 0 saturated carbocycles. The third-order valence-corrected chi connectivity index (χ3v) is 2.46. The molecule has 0 aromatic heterocycles. The van der Waals surface area contributed by atoms with Crippen molar-refractivity contribution in [1.29, 1.82) is 0 Å². The lowest BCUT2D eigenvalue weighted by atomic mass is 10.1. The van der Waals surface area contributed by atoms with E-state index >= 15 is 0 Å². The molecule has 1 aromatic carbocycles. The summed E-state index contributed by atoms with van der Waals surface area (Å²) in [4.78, 5) is 2.07. The van der Waals surface area contributed by atoms with Gasteiger partial charge in [0.2, 0.25) is 0 Å². The van der Waals surface area contributed by atoms with E-state index in [0.29, 0.717) is 12.0 Å². The molecule has 0 radical (unpaired) electrons. The number of hydrogen-bond donors (Lipinski definition) is 1. The zero-order valence-corrected chi connectivity index (χ0v) is 9.61. The third kappa shape index (κ3) is 4.18. The molecule has 0 saturated heterocycles. The van der Waals surface area contributed by atoms with Crippen molar-refractivity contribution in [2.45, 2.75) is 6.42 Å². The van der Waals surface area contributed by atoms with E-state index in [1.165, 1.54) is 12.1 Å². The summed E-state index contributed by atoms with van der Waals surface area (Å²) in [7, 11) is 1.96. The highest BCUT2D eigenvalue weighted by Crippen LogP contribution is 2.10. The maximum absolute atomic E-state index is 13.2. The van der Waals surface area contributed by atoms with Crippen LogP contribution in [0.4, 0.5) is 8.78 Å². The quantitative estimate of drug-likeness (QED) is 0.761. The SMILES string of the molecule is CN(CCS)CCc1ccc(F)cc1F. The largest absolute Gasteiger partial charge is 0.305 e. The van der Waals surface area contributed by atoms with Gasteiger partial charge in [-0.05, 0) is 25.1 Å². The van der Waals surface area contributed by atoms with Crippen molar-refractivity contribution >= 4 is 12.6 Å². The van der Waals surface area contributed by atoms with Crippen LogP contribution >= 0.6 is 12.6 Å². The Balaban J connectivity index is 2.50. The van der Waals surface area contributed by atoms with Crippen LogP contribution in [0.1, 0.15) is 5.56 Å². The summed E-state index contributed by atoms with van der Waals surface area (Å²) in [6.45, 7) is 1.62. The highest BCUT2D eigenvalue weighted by atomic mass is 32.1. The summed E-state index contributed by atoms with van der Waals surface area (Å²) in [6, 6.07) is 3.71. The summed E-state index contributed by atoms with van der Waals surface area (Å²) >= 11 is 4.11. The summed E-state index contributed by atoms with van der Waals surface area (Å²) in [5.41, 5.74) is 0.558. The minimum Gasteiger partial charge on any atom is -0.305 e. The molecule has 0 heterocycles. The van der Waals surface area contributed by atoms with Gasteiger partial charge in [0.25, 0.3) is 0 Å². The van der Waals surface area contributed by atoms with Crippen molar-refractivity contribution in [1.82, 2.24) is 4.90 Å². The van der Waals surface area contributed by atoms with Crippen LogP contribution in [0.25, 0.3) is 0 Å². The fourth-order valence-corrected chi connectivity index (χ4v) is 1.66. The van der Waals surface area contributed by atoms with Crippen LogP contribution in [0.3, 0.4) is 0 Å². The summed E-state index contributed by atoms with van der Waals surface area (Å²) in [5.74, 6) is -0.211. The van der Waals surface area contributed by atoms with E-state index in [1.807, 2.05) is 7.05 Å². The van der Waals surface area contributed by atoms with E-state index < -0.39 is 11.6 Å². The number of likely N-dealkylation sites (N-methyl/N-ethyl adjacent to an activating group) is 1. The fourth-order valence-electron chi connectivity index (χ4n) is 1.32. The van der Waals surface area contributed by atoms with Gasteiger partial charge in [-0.1, -0.05) is 6.07 Å². The first-order valence-corrected chi connectivity index (χ1v) is 5.50. The monoisotopic (exact) mass is 231 g/mol. The van der Waals surface area contributed by atoms with E-state index in [4.69, 9.17) is 0 Å².